The fourth-order valence-corrected chi connectivity index (χ4v) is 3.12. The maximum Gasteiger partial charge on any atom is 0.261 e. The third-order valence-electron chi connectivity index (χ3n) is 3.57. The molecular weight excluding hydrogens is 300 g/mol. The van der Waals surface area contributed by atoms with Gasteiger partial charge in [-0.2, -0.15) is 0 Å². The van der Waals surface area contributed by atoms with E-state index in [1.165, 1.54) is 11.3 Å². The van der Waals surface area contributed by atoms with E-state index in [0.29, 0.717) is 23.6 Å². The van der Waals surface area contributed by atoms with Crippen molar-refractivity contribution >= 4 is 28.8 Å². The summed E-state index contributed by atoms with van der Waals surface area (Å²) in [4.78, 5) is 26.6. The van der Waals surface area contributed by atoms with Crippen LogP contribution in [0.5, 0.6) is 5.75 Å². The molecule has 6 heteroatoms. The summed E-state index contributed by atoms with van der Waals surface area (Å²) in [5, 5.41) is 4.78. The Hall–Kier alpha value is -2.34. The average molecular weight is 316 g/mol. The lowest BCUT2D eigenvalue weighted by atomic mass is 10.2. The zero-order chi connectivity index (χ0) is 15.5. The van der Waals surface area contributed by atoms with Crippen LogP contribution in [0, 0.1) is 0 Å². The predicted octanol–water partition coefficient (Wildman–Crippen LogP) is 2.29. The van der Waals surface area contributed by atoms with Crippen LogP contribution in [0.3, 0.4) is 0 Å². The number of carbonyl (C=O) groups excluding carboxylic acids is 2. The molecule has 0 saturated carbocycles. The lowest BCUT2D eigenvalue weighted by Gasteiger charge is -2.17. The Kier molecular flexibility index (Phi) is 4.11. The number of thiophene rings is 1. The molecule has 2 amide bonds. The number of rotatable bonds is 4. The first-order valence-corrected chi connectivity index (χ1v) is 7.84. The molecule has 1 saturated heterocycles. The molecule has 1 N–H and O–H groups in total. The fourth-order valence-electron chi connectivity index (χ4n) is 2.50. The van der Waals surface area contributed by atoms with Crippen molar-refractivity contribution in [3.8, 4) is 5.75 Å². The van der Waals surface area contributed by atoms with Gasteiger partial charge in [-0.25, -0.2) is 0 Å². The molecule has 0 spiro atoms. The minimum absolute atomic E-state index is 0.00438. The van der Waals surface area contributed by atoms with Crippen molar-refractivity contribution in [3.05, 3.63) is 46.7 Å². The Labute approximate surface area is 132 Å². The highest BCUT2D eigenvalue weighted by Gasteiger charge is 2.32. The van der Waals surface area contributed by atoms with Crippen LogP contribution in [0.15, 0.2) is 41.8 Å². The molecule has 3 rings (SSSR count). The molecule has 0 aliphatic carbocycles. The van der Waals surface area contributed by atoms with E-state index in [4.69, 9.17) is 4.74 Å². The molecule has 1 aliphatic rings. The van der Waals surface area contributed by atoms with Crippen molar-refractivity contribution in [1.29, 1.82) is 0 Å². The standard InChI is InChI=1S/C16H16N2O3S/c1-21-13-5-2-4-12(9-13)18-10-11(8-15(18)19)17-16(20)14-6-3-7-22-14/h2-7,9,11H,8,10H2,1H3,(H,17,20). The summed E-state index contributed by atoms with van der Waals surface area (Å²) in [6, 6.07) is 10.8. The molecule has 114 valence electrons. The highest BCUT2D eigenvalue weighted by atomic mass is 32.1. The zero-order valence-corrected chi connectivity index (χ0v) is 12.9. The van der Waals surface area contributed by atoms with Crippen molar-refractivity contribution in [2.45, 2.75) is 12.5 Å². The number of amides is 2. The molecule has 5 nitrogen and oxygen atoms in total. The van der Waals surface area contributed by atoms with Gasteiger partial charge < -0.3 is 15.0 Å². The van der Waals surface area contributed by atoms with Crippen LogP contribution in [-0.2, 0) is 4.79 Å². The molecular formula is C16H16N2O3S. The Balaban J connectivity index is 1.69. The molecule has 2 heterocycles. The number of carbonyl (C=O) groups is 2. The van der Waals surface area contributed by atoms with Gasteiger partial charge in [-0.3, -0.25) is 9.59 Å². The topological polar surface area (TPSA) is 58.6 Å². The van der Waals surface area contributed by atoms with Crippen LogP contribution in [0.4, 0.5) is 5.69 Å². The van der Waals surface area contributed by atoms with Gasteiger partial charge in [-0.05, 0) is 23.6 Å². The van der Waals surface area contributed by atoms with E-state index in [1.807, 2.05) is 35.7 Å². The Morgan fingerprint density at radius 2 is 2.23 bits per heavy atom. The second kappa shape index (κ2) is 6.19. The SMILES string of the molecule is COc1cccc(N2CC(NC(=O)c3cccs3)CC2=O)c1. The van der Waals surface area contributed by atoms with Crippen molar-refractivity contribution in [2.24, 2.45) is 0 Å². The molecule has 1 fully saturated rings. The van der Waals surface area contributed by atoms with E-state index < -0.39 is 0 Å². The second-order valence-corrected chi connectivity index (χ2v) is 6.01. The zero-order valence-electron chi connectivity index (χ0n) is 12.1. The van der Waals surface area contributed by atoms with Gasteiger partial charge in [0.25, 0.3) is 5.91 Å². The lowest BCUT2D eigenvalue weighted by Crippen LogP contribution is -2.36. The molecule has 0 radical (unpaired) electrons. The summed E-state index contributed by atoms with van der Waals surface area (Å²) in [6.45, 7) is 0.475. The van der Waals surface area contributed by atoms with Gasteiger partial charge in [0.2, 0.25) is 5.91 Å². The van der Waals surface area contributed by atoms with Gasteiger partial charge in [-0.15, -0.1) is 11.3 Å². The number of nitrogens with zero attached hydrogens (tertiary/aromatic N) is 1. The number of benzene rings is 1. The Morgan fingerprint density at radius 1 is 1.36 bits per heavy atom. The Bertz CT molecular complexity index is 684. The smallest absolute Gasteiger partial charge is 0.261 e. The third-order valence-corrected chi connectivity index (χ3v) is 4.44. The van der Waals surface area contributed by atoms with Crippen LogP contribution < -0.4 is 15.0 Å². The van der Waals surface area contributed by atoms with E-state index >= 15 is 0 Å². The van der Waals surface area contributed by atoms with Gasteiger partial charge in [0.05, 0.1) is 18.0 Å². The van der Waals surface area contributed by atoms with Crippen LogP contribution in [0.2, 0.25) is 0 Å². The maximum atomic E-state index is 12.2. The van der Waals surface area contributed by atoms with E-state index in [0.717, 1.165) is 5.69 Å². The maximum absolute atomic E-state index is 12.2. The van der Waals surface area contributed by atoms with Crippen LogP contribution in [-0.4, -0.2) is 31.5 Å². The van der Waals surface area contributed by atoms with E-state index in [9.17, 15) is 9.59 Å². The van der Waals surface area contributed by atoms with Gasteiger partial charge in [0.1, 0.15) is 5.75 Å². The first-order chi connectivity index (χ1) is 10.7. The highest BCUT2D eigenvalue weighted by molar-refractivity contribution is 7.12. The van der Waals surface area contributed by atoms with Crippen molar-refractivity contribution in [2.75, 3.05) is 18.6 Å². The van der Waals surface area contributed by atoms with Crippen LogP contribution >= 0.6 is 11.3 Å². The summed E-state index contributed by atoms with van der Waals surface area (Å²) < 4.78 is 5.18. The molecule has 22 heavy (non-hydrogen) atoms. The van der Waals surface area contributed by atoms with E-state index in [2.05, 4.69) is 5.32 Å². The number of ether oxygens (including phenoxy) is 1. The van der Waals surface area contributed by atoms with Crippen molar-refractivity contribution in [1.82, 2.24) is 5.32 Å². The Morgan fingerprint density at radius 3 is 2.95 bits per heavy atom. The minimum Gasteiger partial charge on any atom is -0.497 e. The third kappa shape index (κ3) is 2.96. The largest absolute Gasteiger partial charge is 0.497 e. The van der Waals surface area contributed by atoms with E-state index in [1.54, 1.807) is 18.1 Å². The first-order valence-electron chi connectivity index (χ1n) is 6.96. The van der Waals surface area contributed by atoms with Crippen LogP contribution in [0.1, 0.15) is 16.1 Å². The summed E-state index contributed by atoms with van der Waals surface area (Å²) >= 11 is 1.39. The molecule has 1 atom stereocenters. The molecule has 2 aromatic rings. The first kappa shape index (κ1) is 14.6. The quantitative estimate of drug-likeness (QED) is 0.941. The van der Waals surface area contributed by atoms with Gasteiger partial charge in [0, 0.05) is 24.7 Å². The molecule has 1 aromatic carbocycles. The summed E-state index contributed by atoms with van der Waals surface area (Å²) in [5.74, 6) is 0.585. The van der Waals surface area contributed by atoms with Crippen LogP contribution in [0.25, 0.3) is 0 Å². The lowest BCUT2D eigenvalue weighted by molar-refractivity contribution is -0.117. The van der Waals surface area contributed by atoms with E-state index in [-0.39, 0.29) is 17.9 Å². The summed E-state index contributed by atoms with van der Waals surface area (Å²) in [5.41, 5.74) is 0.789. The van der Waals surface area contributed by atoms with Gasteiger partial charge in [0.15, 0.2) is 0 Å². The fraction of sp³-hybridized carbons (Fsp3) is 0.250. The number of hydrogen-bond acceptors (Lipinski definition) is 4. The summed E-state index contributed by atoms with van der Waals surface area (Å²) in [6.07, 6.45) is 0.314. The predicted molar refractivity (Wildman–Crippen MR) is 85.5 cm³/mol. The molecule has 0 bridgehead atoms. The highest BCUT2D eigenvalue weighted by Crippen LogP contribution is 2.25. The number of hydrogen-bond donors (Lipinski definition) is 1. The number of anilines is 1. The summed E-state index contributed by atoms with van der Waals surface area (Å²) in [7, 11) is 1.59. The molecule has 1 aliphatic heterocycles. The molecule has 1 aromatic heterocycles. The van der Waals surface area contributed by atoms with Gasteiger partial charge in [-0.1, -0.05) is 12.1 Å². The van der Waals surface area contributed by atoms with Crippen molar-refractivity contribution < 1.29 is 14.3 Å². The monoisotopic (exact) mass is 316 g/mol. The minimum atomic E-state index is -0.173. The normalized spacial score (nSPS) is 17.6. The van der Waals surface area contributed by atoms with Crippen molar-refractivity contribution in [3.63, 3.8) is 0 Å². The van der Waals surface area contributed by atoms with Gasteiger partial charge >= 0.3 is 0 Å². The second-order valence-electron chi connectivity index (χ2n) is 5.06. The number of methoxy groups -OCH3 is 1. The average Bonchev–Trinajstić information content (AvgIpc) is 3.17. The molecule has 1 unspecified atom stereocenters. The number of nitrogens with one attached hydrogen (secondary N) is 1.